The number of amides is 1. The maximum atomic E-state index is 13.2. The van der Waals surface area contributed by atoms with E-state index < -0.39 is 6.04 Å². The summed E-state index contributed by atoms with van der Waals surface area (Å²) in [6, 6.07) is 11.3. The molecule has 0 N–H and O–H groups in total. The average Bonchev–Trinajstić information content (AvgIpc) is 3.28. The van der Waals surface area contributed by atoms with Gasteiger partial charge in [0, 0.05) is 45.0 Å². The number of anilines is 1. The van der Waals surface area contributed by atoms with Crippen LogP contribution in [0.1, 0.15) is 11.6 Å². The van der Waals surface area contributed by atoms with E-state index in [2.05, 4.69) is 30.4 Å². The Labute approximate surface area is 156 Å². The van der Waals surface area contributed by atoms with E-state index in [0.29, 0.717) is 38.5 Å². The van der Waals surface area contributed by atoms with Crippen LogP contribution in [0.3, 0.4) is 0 Å². The van der Waals surface area contributed by atoms with Crippen molar-refractivity contribution in [3.8, 4) is 0 Å². The van der Waals surface area contributed by atoms with Crippen LogP contribution >= 0.6 is 0 Å². The van der Waals surface area contributed by atoms with E-state index in [1.807, 2.05) is 35.2 Å². The van der Waals surface area contributed by atoms with Crippen LogP contribution in [-0.2, 0) is 11.2 Å². The lowest BCUT2D eigenvalue weighted by Crippen LogP contribution is -2.51. The van der Waals surface area contributed by atoms with Crippen molar-refractivity contribution in [2.75, 3.05) is 31.1 Å². The molecule has 1 aliphatic heterocycles. The molecule has 3 aromatic rings. The number of piperazine rings is 1. The third-order valence-corrected chi connectivity index (χ3v) is 4.67. The van der Waals surface area contributed by atoms with Gasteiger partial charge >= 0.3 is 0 Å². The Morgan fingerprint density at radius 3 is 2.41 bits per heavy atom. The summed E-state index contributed by atoms with van der Waals surface area (Å²) in [5.41, 5.74) is 1.07. The van der Waals surface area contributed by atoms with E-state index in [-0.39, 0.29) is 5.91 Å². The van der Waals surface area contributed by atoms with E-state index >= 15 is 0 Å². The van der Waals surface area contributed by atoms with Gasteiger partial charge in [-0.25, -0.2) is 14.6 Å². The number of rotatable bonds is 5. The van der Waals surface area contributed by atoms with E-state index in [9.17, 15) is 4.79 Å². The third kappa shape index (κ3) is 3.91. The summed E-state index contributed by atoms with van der Waals surface area (Å²) >= 11 is 0. The first kappa shape index (κ1) is 17.1. The molecular formula is C18H20N8O. The minimum Gasteiger partial charge on any atom is -0.337 e. The molecule has 1 atom stereocenters. The lowest BCUT2D eigenvalue weighted by molar-refractivity contribution is -0.135. The Hall–Kier alpha value is -3.36. The van der Waals surface area contributed by atoms with Crippen molar-refractivity contribution in [3.05, 3.63) is 60.7 Å². The molecule has 1 amide bonds. The summed E-state index contributed by atoms with van der Waals surface area (Å²) in [5, 5.41) is 11.4. The minimum absolute atomic E-state index is 0.0276. The zero-order valence-corrected chi connectivity index (χ0v) is 14.8. The molecule has 1 saturated heterocycles. The lowest BCUT2D eigenvalue weighted by atomic mass is 10.0. The second kappa shape index (κ2) is 7.90. The highest BCUT2D eigenvalue weighted by Gasteiger charge is 2.30. The highest BCUT2D eigenvalue weighted by molar-refractivity contribution is 5.81. The molecule has 3 heterocycles. The molecule has 0 unspecified atom stereocenters. The van der Waals surface area contributed by atoms with Gasteiger partial charge in [0.15, 0.2) is 0 Å². The fourth-order valence-corrected chi connectivity index (χ4v) is 3.23. The van der Waals surface area contributed by atoms with Gasteiger partial charge in [-0.15, -0.1) is 5.10 Å². The van der Waals surface area contributed by atoms with Crippen molar-refractivity contribution >= 4 is 11.9 Å². The number of benzene rings is 1. The second-order valence-corrected chi connectivity index (χ2v) is 6.36. The summed E-state index contributed by atoms with van der Waals surface area (Å²) in [4.78, 5) is 25.7. The Balaban J connectivity index is 1.46. The van der Waals surface area contributed by atoms with Crippen LogP contribution in [0.2, 0.25) is 0 Å². The number of hydrogen-bond acceptors (Lipinski definition) is 7. The maximum Gasteiger partial charge on any atom is 0.248 e. The van der Waals surface area contributed by atoms with Crippen molar-refractivity contribution < 1.29 is 4.79 Å². The van der Waals surface area contributed by atoms with Crippen LogP contribution in [0.5, 0.6) is 0 Å². The van der Waals surface area contributed by atoms with Gasteiger partial charge in [-0.2, -0.15) is 0 Å². The molecule has 0 radical (unpaired) electrons. The van der Waals surface area contributed by atoms with Crippen molar-refractivity contribution in [3.63, 3.8) is 0 Å². The lowest BCUT2D eigenvalue weighted by Gasteiger charge is -2.36. The SMILES string of the molecule is O=C([C@H](Cc1ccccc1)n1cnnn1)N1CCN(c2ncccn2)CC1. The molecule has 0 saturated carbocycles. The third-order valence-electron chi connectivity index (χ3n) is 4.67. The molecule has 1 fully saturated rings. The van der Waals surface area contributed by atoms with E-state index in [0.717, 1.165) is 5.56 Å². The Bertz CT molecular complexity index is 848. The average molecular weight is 364 g/mol. The van der Waals surface area contributed by atoms with Gasteiger partial charge in [0.05, 0.1) is 0 Å². The number of hydrogen-bond donors (Lipinski definition) is 0. The fraction of sp³-hybridized carbons (Fsp3) is 0.333. The van der Waals surface area contributed by atoms with Gasteiger partial charge in [0.1, 0.15) is 12.4 Å². The molecule has 1 aliphatic rings. The summed E-state index contributed by atoms with van der Waals surface area (Å²) in [5.74, 6) is 0.727. The second-order valence-electron chi connectivity index (χ2n) is 6.36. The zero-order valence-electron chi connectivity index (χ0n) is 14.8. The number of carbonyl (C=O) groups is 1. The maximum absolute atomic E-state index is 13.2. The standard InChI is InChI=1S/C18H20N8O/c27-17(24-9-11-25(12-10-24)18-19-7-4-8-20-18)16(26-14-21-22-23-26)13-15-5-2-1-3-6-15/h1-8,14,16H,9-13H2/t16-/m0/s1. The van der Waals surface area contributed by atoms with Crippen LogP contribution in [0.4, 0.5) is 5.95 Å². The normalized spacial score (nSPS) is 15.6. The summed E-state index contributed by atoms with van der Waals surface area (Å²) in [6.45, 7) is 2.63. The monoisotopic (exact) mass is 364 g/mol. The first-order valence-electron chi connectivity index (χ1n) is 8.88. The molecule has 2 aromatic heterocycles. The van der Waals surface area contributed by atoms with Crippen molar-refractivity contribution in [2.45, 2.75) is 12.5 Å². The van der Waals surface area contributed by atoms with Gasteiger partial charge in [-0.3, -0.25) is 4.79 Å². The molecule has 9 heteroatoms. The molecule has 1 aromatic carbocycles. The van der Waals surface area contributed by atoms with Gasteiger partial charge in [-0.1, -0.05) is 30.3 Å². The number of nitrogens with zero attached hydrogens (tertiary/aromatic N) is 8. The molecule has 0 spiro atoms. The molecular weight excluding hydrogens is 344 g/mol. The van der Waals surface area contributed by atoms with E-state index in [1.165, 1.54) is 6.33 Å². The smallest absolute Gasteiger partial charge is 0.248 e. The first-order chi connectivity index (χ1) is 13.3. The van der Waals surface area contributed by atoms with E-state index in [1.54, 1.807) is 23.1 Å². The molecule has 4 rings (SSSR count). The van der Waals surface area contributed by atoms with Crippen LogP contribution in [-0.4, -0.2) is 67.2 Å². The molecule has 0 aliphatic carbocycles. The topological polar surface area (TPSA) is 92.9 Å². The van der Waals surface area contributed by atoms with Gasteiger partial charge < -0.3 is 9.80 Å². The number of tetrazole rings is 1. The Kier molecular flexibility index (Phi) is 4.99. The summed E-state index contributed by atoms with van der Waals surface area (Å²) in [6.07, 6.45) is 5.51. The predicted octanol–water partition coefficient (Wildman–Crippen LogP) is 0.596. The molecule has 138 valence electrons. The summed E-state index contributed by atoms with van der Waals surface area (Å²) < 4.78 is 1.54. The highest BCUT2D eigenvalue weighted by Crippen LogP contribution is 2.18. The highest BCUT2D eigenvalue weighted by atomic mass is 16.2. The van der Waals surface area contributed by atoms with Crippen molar-refractivity contribution in [1.82, 2.24) is 35.1 Å². The predicted molar refractivity (Wildman–Crippen MR) is 97.8 cm³/mol. The van der Waals surface area contributed by atoms with Crippen LogP contribution in [0.15, 0.2) is 55.1 Å². The molecule has 27 heavy (non-hydrogen) atoms. The van der Waals surface area contributed by atoms with Crippen molar-refractivity contribution in [1.29, 1.82) is 0 Å². The molecule has 9 nitrogen and oxygen atoms in total. The largest absolute Gasteiger partial charge is 0.337 e. The first-order valence-corrected chi connectivity index (χ1v) is 8.88. The van der Waals surface area contributed by atoms with Gasteiger partial charge in [0.2, 0.25) is 11.9 Å². The van der Waals surface area contributed by atoms with Crippen molar-refractivity contribution in [2.24, 2.45) is 0 Å². The van der Waals surface area contributed by atoms with Gasteiger partial charge in [-0.05, 0) is 22.1 Å². The van der Waals surface area contributed by atoms with Crippen LogP contribution in [0, 0.1) is 0 Å². The zero-order chi connectivity index (χ0) is 18.5. The van der Waals surface area contributed by atoms with Crippen LogP contribution in [0.25, 0.3) is 0 Å². The number of carbonyl (C=O) groups excluding carboxylic acids is 1. The Morgan fingerprint density at radius 2 is 1.74 bits per heavy atom. The van der Waals surface area contributed by atoms with E-state index in [4.69, 9.17) is 0 Å². The minimum atomic E-state index is -0.457. The van der Waals surface area contributed by atoms with Gasteiger partial charge in [0.25, 0.3) is 0 Å². The summed E-state index contributed by atoms with van der Waals surface area (Å²) in [7, 11) is 0. The fourth-order valence-electron chi connectivity index (χ4n) is 3.23. The number of aromatic nitrogens is 6. The quantitative estimate of drug-likeness (QED) is 0.654. The van der Waals surface area contributed by atoms with Crippen LogP contribution < -0.4 is 4.90 Å². The molecule has 0 bridgehead atoms. The Morgan fingerprint density at radius 1 is 1.00 bits per heavy atom.